The van der Waals surface area contributed by atoms with E-state index in [1.54, 1.807) is 12.1 Å². The molecule has 4 heteroatoms. The van der Waals surface area contributed by atoms with Crippen molar-refractivity contribution in [2.45, 2.75) is 39.2 Å². The van der Waals surface area contributed by atoms with E-state index >= 15 is 0 Å². The number of fused-ring (bicyclic) bond motifs is 1. The van der Waals surface area contributed by atoms with Gasteiger partial charge in [0.25, 0.3) is 0 Å². The van der Waals surface area contributed by atoms with Gasteiger partial charge in [0.15, 0.2) is 0 Å². The van der Waals surface area contributed by atoms with Crippen molar-refractivity contribution in [3.63, 3.8) is 0 Å². The lowest BCUT2D eigenvalue weighted by Gasteiger charge is -2.33. The molecule has 0 bridgehead atoms. The number of hydrogen-bond acceptors (Lipinski definition) is 1. The standard InChI is InChI=1S/C20H22FNO2/c1-3-20(4-2)12-15-11-14(13-5-8-16(21)9-6-13)7-10-17(15)18(20)22-19(23)24/h5-11,18,22H,3-4,12H2,1-2H3,(H,23,24). The van der Waals surface area contributed by atoms with E-state index < -0.39 is 6.09 Å². The van der Waals surface area contributed by atoms with Crippen molar-refractivity contribution in [2.24, 2.45) is 5.41 Å². The summed E-state index contributed by atoms with van der Waals surface area (Å²) in [4.78, 5) is 11.3. The lowest BCUT2D eigenvalue weighted by molar-refractivity contribution is 0.157. The van der Waals surface area contributed by atoms with Gasteiger partial charge in [-0.25, -0.2) is 9.18 Å². The summed E-state index contributed by atoms with van der Waals surface area (Å²) in [5.41, 5.74) is 4.16. The normalized spacial score (nSPS) is 18.2. The third-order valence-electron chi connectivity index (χ3n) is 5.46. The summed E-state index contributed by atoms with van der Waals surface area (Å²) in [5, 5.41) is 12.0. The van der Waals surface area contributed by atoms with E-state index in [1.807, 2.05) is 12.1 Å². The van der Waals surface area contributed by atoms with Crippen molar-refractivity contribution in [3.05, 3.63) is 59.4 Å². The molecule has 1 unspecified atom stereocenters. The van der Waals surface area contributed by atoms with Gasteiger partial charge in [-0.05, 0) is 59.1 Å². The number of amides is 1. The summed E-state index contributed by atoms with van der Waals surface area (Å²) < 4.78 is 13.1. The second kappa shape index (κ2) is 6.27. The second-order valence-electron chi connectivity index (χ2n) is 6.55. The number of carboxylic acid groups (broad SMARTS) is 1. The van der Waals surface area contributed by atoms with Gasteiger partial charge in [0.1, 0.15) is 5.82 Å². The molecule has 0 saturated heterocycles. The van der Waals surface area contributed by atoms with Crippen molar-refractivity contribution in [1.82, 2.24) is 5.32 Å². The lowest BCUT2D eigenvalue weighted by atomic mass is 9.76. The number of benzene rings is 2. The Morgan fingerprint density at radius 2 is 1.79 bits per heavy atom. The largest absolute Gasteiger partial charge is 0.465 e. The van der Waals surface area contributed by atoms with Crippen LogP contribution in [-0.2, 0) is 6.42 Å². The van der Waals surface area contributed by atoms with Gasteiger partial charge in [-0.2, -0.15) is 0 Å². The number of carbonyl (C=O) groups is 1. The predicted octanol–water partition coefficient (Wildman–Crippen LogP) is 5.16. The van der Waals surface area contributed by atoms with Crippen LogP contribution in [-0.4, -0.2) is 11.2 Å². The molecule has 1 aliphatic carbocycles. The molecule has 2 aromatic carbocycles. The van der Waals surface area contributed by atoms with Crippen LogP contribution in [0.4, 0.5) is 9.18 Å². The highest BCUT2D eigenvalue weighted by atomic mass is 19.1. The van der Waals surface area contributed by atoms with Crippen LogP contribution in [0.2, 0.25) is 0 Å². The summed E-state index contributed by atoms with van der Waals surface area (Å²) in [6.07, 6.45) is 1.70. The van der Waals surface area contributed by atoms with E-state index in [9.17, 15) is 14.3 Å². The van der Waals surface area contributed by atoms with Crippen molar-refractivity contribution in [2.75, 3.05) is 0 Å². The first-order valence-electron chi connectivity index (χ1n) is 8.37. The minimum absolute atomic E-state index is 0.0812. The first-order valence-corrected chi connectivity index (χ1v) is 8.37. The smallest absolute Gasteiger partial charge is 0.405 e. The maximum atomic E-state index is 13.1. The Morgan fingerprint density at radius 1 is 1.17 bits per heavy atom. The molecule has 1 amide bonds. The summed E-state index contributed by atoms with van der Waals surface area (Å²) in [6.45, 7) is 4.24. The molecule has 0 fully saturated rings. The van der Waals surface area contributed by atoms with Crippen LogP contribution in [0.3, 0.4) is 0 Å². The Morgan fingerprint density at radius 3 is 2.38 bits per heavy atom. The quantitative estimate of drug-likeness (QED) is 0.814. The molecular formula is C20H22FNO2. The van der Waals surface area contributed by atoms with Crippen LogP contribution in [0.25, 0.3) is 11.1 Å². The average molecular weight is 327 g/mol. The first-order chi connectivity index (χ1) is 11.5. The molecule has 0 aliphatic heterocycles. The van der Waals surface area contributed by atoms with E-state index in [0.717, 1.165) is 36.0 Å². The zero-order valence-electron chi connectivity index (χ0n) is 14.0. The Hall–Kier alpha value is -2.36. The Balaban J connectivity index is 2.02. The van der Waals surface area contributed by atoms with Crippen LogP contribution >= 0.6 is 0 Å². The van der Waals surface area contributed by atoms with Crippen LogP contribution in [0, 0.1) is 11.2 Å². The molecule has 24 heavy (non-hydrogen) atoms. The molecule has 3 nitrogen and oxygen atoms in total. The monoisotopic (exact) mass is 327 g/mol. The van der Waals surface area contributed by atoms with Crippen molar-refractivity contribution in [1.29, 1.82) is 0 Å². The maximum absolute atomic E-state index is 13.1. The molecule has 0 radical (unpaired) electrons. The van der Waals surface area contributed by atoms with Gasteiger partial charge in [-0.15, -0.1) is 0 Å². The summed E-state index contributed by atoms with van der Waals surface area (Å²) in [6, 6.07) is 12.4. The molecule has 0 heterocycles. The van der Waals surface area contributed by atoms with Crippen LogP contribution in [0.15, 0.2) is 42.5 Å². The van der Waals surface area contributed by atoms with Crippen LogP contribution in [0.1, 0.15) is 43.9 Å². The zero-order valence-corrected chi connectivity index (χ0v) is 14.0. The topological polar surface area (TPSA) is 49.3 Å². The Labute approximate surface area is 141 Å². The molecule has 2 aromatic rings. The van der Waals surface area contributed by atoms with Gasteiger partial charge in [-0.1, -0.05) is 44.2 Å². The highest BCUT2D eigenvalue weighted by molar-refractivity contribution is 5.68. The van der Waals surface area contributed by atoms with Gasteiger partial charge in [0, 0.05) is 0 Å². The summed E-state index contributed by atoms with van der Waals surface area (Å²) >= 11 is 0. The Bertz CT molecular complexity index is 751. The number of halogens is 1. The van der Waals surface area contributed by atoms with Gasteiger partial charge >= 0.3 is 6.09 Å². The SMILES string of the molecule is CCC1(CC)Cc2cc(-c3ccc(F)cc3)ccc2C1NC(=O)O. The predicted molar refractivity (Wildman–Crippen MR) is 92.5 cm³/mol. The maximum Gasteiger partial charge on any atom is 0.405 e. The summed E-state index contributed by atoms with van der Waals surface area (Å²) in [7, 11) is 0. The molecule has 126 valence electrons. The number of rotatable bonds is 4. The van der Waals surface area contributed by atoms with Gasteiger partial charge in [0.05, 0.1) is 6.04 Å². The van der Waals surface area contributed by atoms with Gasteiger partial charge < -0.3 is 10.4 Å². The van der Waals surface area contributed by atoms with Crippen molar-refractivity contribution in [3.8, 4) is 11.1 Å². The molecular weight excluding hydrogens is 305 g/mol. The fourth-order valence-corrected chi connectivity index (χ4v) is 3.94. The molecule has 0 saturated carbocycles. The fraction of sp³-hybridized carbons (Fsp3) is 0.350. The first kappa shape index (κ1) is 16.5. The Kier molecular flexibility index (Phi) is 4.31. The van der Waals surface area contributed by atoms with E-state index in [1.165, 1.54) is 17.7 Å². The highest BCUT2D eigenvalue weighted by Gasteiger charge is 2.44. The average Bonchev–Trinajstić information content (AvgIpc) is 2.88. The number of nitrogens with one attached hydrogen (secondary N) is 1. The highest BCUT2D eigenvalue weighted by Crippen LogP contribution is 2.50. The van der Waals surface area contributed by atoms with E-state index in [0.29, 0.717) is 0 Å². The summed E-state index contributed by atoms with van der Waals surface area (Å²) in [5.74, 6) is -0.249. The van der Waals surface area contributed by atoms with Crippen LogP contribution in [0.5, 0.6) is 0 Å². The van der Waals surface area contributed by atoms with Crippen LogP contribution < -0.4 is 5.32 Å². The van der Waals surface area contributed by atoms with Gasteiger partial charge in [0.2, 0.25) is 0 Å². The molecule has 1 aliphatic rings. The van der Waals surface area contributed by atoms with E-state index in [-0.39, 0.29) is 17.3 Å². The molecule has 0 aromatic heterocycles. The lowest BCUT2D eigenvalue weighted by Crippen LogP contribution is -2.37. The molecule has 1 atom stereocenters. The minimum atomic E-state index is -0.985. The number of hydrogen-bond donors (Lipinski definition) is 2. The van der Waals surface area contributed by atoms with Crippen molar-refractivity contribution < 1.29 is 14.3 Å². The third kappa shape index (κ3) is 2.77. The van der Waals surface area contributed by atoms with Gasteiger partial charge in [-0.3, -0.25) is 0 Å². The zero-order chi connectivity index (χ0) is 17.3. The molecule has 3 rings (SSSR count). The molecule has 2 N–H and O–H groups in total. The minimum Gasteiger partial charge on any atom is -0.465 e. The third-order valence-corrected chi connectivity index (χ3v) is 5.46. The fourth-order valence-electron chi connectivity index (χ4n) is 3.94. The molecule has 0 spiro atoms. The van der Waals surface area contributed by atoms with E-state index in [4.69, 9.17) is 0 Å². The van der Waals surface area contributed by atoms with Crippen molar-refractivity contribution >= 4 is 6.09 Å². The van der Waals surface area contributed by atoms with E-state index in [2.05, 4.69) is 25.2 Å². The second-order valence-corrected chi connectivity index (χ2v) is 6.55.